The largest absolute Gasteiger partial charge is 0.504 e. The van der Waals surface area contributed by atoms with Gasteiger partial charge in [0.1, 0.15) is 22.3 Å². The van der Waals surface area contributed by atoms with Crippen molar-refractivity contribution in [2.75, 3.05) is 18.0 Å². The van der Waals surface area contributed by atoms with Crippen LogP contribution in [0.5, 0.6) is 11.5 Å². The molecule has 4 heterocycles. The van der Waals surface area contributed by atoms with Gasteiger partial charge in [0.05, 0.1) is 38.4 Å². The third-order valence-electron chi connectivity index (χ3n) is 8.29. The Balaban J connectivity index is 1.95. The monoisotopic (exact) mass is 698 g/mol. The molecule has 1 aliphatic rings. The Morgan fingerprint density at radius 2 is 1.79 bits per heavy atom. The standard InChI is InChI=1S/C33H30Cl3FN6O4/c1-7-21(44)42-16(5)12-41(13-17(42)6)29-18-10-20(34)27(22-25(37)23(35)24(36)31(46)30(22)45)40-32(18)43(33(47)19(29)11-38)28-15(4)8-9-39-26(28)14(2)3/h7-10,14,16-17,45-46H,1,12-13H2,2-6H3/t16-,17+. The second-order valence-electron chi connectivity index (χ2n) is 11.7. The predicted octanol–water partition coefficient (Wildman–Crippen LogP) is 6.87. The first-order valence-corrected chi connectivity index (χ1v) is 15.7. The molecular weight excluding hydrogens is 670 g/mol. The number of amides is 1. The van der Waals surface area contributed by atoms with E-state index in [0.29, 0.717) is 16.9 Å². The number of piperazine rings is 1. The summed E-state index contributed by atoms with van der Waals surface area (Å²) in [5, 5.41) is 30.6. The van der Waals surface area contributed by atoms with Crippen molar-refractivity contribution in [1.82, 2.24) is 19.4 Å². The molecule has 1 saturated heterocycles. The molecule has 10 nitrogen and oxygen atoms in total. The first-order chi connectivity index (χ1) is 22.2. The summed E-state index contributed by atoms with van der Waals surface area (Å²) in [5.41, 5.74) is -0.178. The maximum Gasteiger partial charge on any atom is 0.276 e. The summed E-state index contributed by atoms with van der Waals surface area (Å²) >= 11 is 18.7. The van der Waals surface area contributed by atoms with E-state index in [1.807, 2.05) is 32.6 Å². The molecule has 5 rings (SSSR count). The fourth-order valence-electron chi connectivity index (χ4n) is 6.26. The minimum atomic E-state index is -1.20. The van der Waals surface area contributed by atoms with Gasteiger partial charge in [-0.2, -0.15) is 5.26 Å². The average Bonchev–Trinajstić information content (AvgIpc) is 3.02. The number of phenolic OH excluding ortho intramolecular Hbond substituents is 2. The summed E-state index contributed by atoms with van der Waals surface area (Å²) in [4.78, 5) is 39.9. The SMILES string of the molecule is C=CC(=O)N1[C@H](C)CN(c2c(C#N)c(=O)n(-c3c(C)ccnc3C(C)C)c3nc(-c4c(O)c(O)c(Cl)c(Cl)c4F)c(Cl)cc23)C[C@@H]1C. The van der Waals surface area contributed by atoms with Gasteiger partial charge in [-0.25, -0.2) is 9.37 Å². The van der Waals surface area contributed by atoms with Gasteiger partial charge in [-0.05, 0) is 50.5 Å². The molecule has 0 spiro atoms. The Labute approximate surface area is 284 Å². The number of hydrogen-bond acceptors (Lipinski definition) is 8. The highest BCUT2D eigenvalue weighted by molar-refractivity contribution is 6.43. The molecule has 47 heavy (non-hydrogen) atoms. The quantitative estimate of drug-likeness (QED) is 0.131. The minimum Gasteiger partial charge on any atom is -0.504 e. The Morgan fingerprint density at radius 3 is 2.36 bits per heavy atom. The highest BCUT2D eigenvalue weighted by atomic mass is 35.5. The molecule has 244 valence electrons. The number of halogens is 4. The van der Waals surface area contributed by atoms with Crippen LogP contribution in [0.1, 0.15) is 50.4 Å². The lowest BCUT2D eigenvalue weighted by Crippen LogP contribution is -2.58. The maximum atomic E-state index is 15.7. The summed E-state index contributed by atoms with van der Waals surface area (Å²) in [7, 11) is 0. The van der Waals surface area contributed by atoms with Crippen LogP contribution in [0, 0.1) is 24.1 Å². The van der Waals surface area contributed by atoms with Crippen molar-refractivity contribution < 1.29 is 19.4 Å². The van der Waals surface area contributed by atoms with Crippen molar-refractivity contribution in [3.8, 4) is 34.5 Å². The fraction of sp³-hybridized carbons (Fsp3) is 0.303. The van der Waals surface area contributed by atoms with E-state index in [1.54, 1.807) is 24.1 Å². The van der Waals surface area contributed by atoms with E-state index in [9.17, 15) is 25.1 Å². The van der Waals surface area contributed by atoms with Gasteiger partial charge >= 0.3 is 0 Å². The topological polar surface area (TPSA) is 136 Å². The van der Waals surface area contributed by atoms with Crippen molar-refractivity contribution in [2.45, 2.75) is 52.6 Å². The number of anilines is 1. The highest BCUT2D eigenvalue weighted by Gasteiger charge is 2.36. The van der Waals surface area contributed by atoms with Gasteiger partial charge in [0.25, 0.3) is 5.56 Å². The van der Waals surface area contributed by atoms with Gasteiger partial charge in [-0.15, -0.1) is 0 Å². The van der Waals surface area contributed by atoms with Crippen molar-refractivity contribution in [3.63, 3.8) is 0 Å². The molecule has 1 aliphatic heterocycles. The number of fused-ring (bicyclic) bond motifs is 1. The van der Waals surface area contributed by atoms with Gasteiger partial charge in [0, 0.05) is 36.8 Å². The van der Waals surface area contributed by atoms with Crippen molar-refractivity contribution >= 4 is 57.4 Å². The summed E-state index contributed by atoms with van der Waals surface area (Å²) < 4.78 is 16.9. The van der Waals surface area contributed by atoms with Gasteiger partial charge in [0.15, 0.2) is 17.3 Å². The third-order valence-corrected chi connectivity index (χ3v) is 9.40. The normalized spacial score (nSPS) is 16.5. The molecule has 0 radical (unpaired) electrons. The van der Waals surface area contributed by atoms with Crippen LogP contribution in [0.4, 0.5) is 10.1 Å². The molecule has 1 fully saturated rings. The van der Waals surface area contributed by atoms with Gasteiger partial charge in [-0.3, -0.25) is 19.1 Å². The van der Waals surface area contributed by atoms with Crippen molar-refractivity contribution in [1.29, 1.82) is 5.26 Å². The van der Waals surface area contributed by atoms with Crippen LogP contribution in [-0.2, 0) is 4.79 Å². The molecule has 2 atom stereocenters. The first kappa shape index (κ1) is 34.0. The van der Waals surface area contributed by atoms with Crippen LogP contribution < -0.4 is 10.5 Å². The van der Waals surface area contributed by atoms with E-state index < -0.39 is 38.5 Å². The van der Waals surface area contributed by atoms with Crippen LogP contribution in [-0.4, -0.2) is 60.7 Å². The van der Waals surface area contributed by atoms with Crippen LogP contribution in [0.3, 0.4) is 0 Å². The van der Waals surface area contributed by atoms with E-state index in [1.165, 1.54) is 16.7 Å². The van der Waals surface area contributed by atoms with Crippen LogP contribution in [0.2, 0.25) is 15.1 Å². The number of aromatic nitrogens is 3. The summed E-state index contributed by atoms with van der Waals surface area (Å²) in [5.74, 6) is -3.47. The average molecular weight is 700 g/mol. The number of carbonyl (C=O) groups excluding carboxylic acids is 1. The smallest absolute Gasteiger partial charge is 0.276 e. The molecule has 0 bridgehead atoms. The van der Waals surface area contributed by atoms with E-state index in [0.717, 1.165) is 0 Å². The molecule has 0 saturated carbocycles. The number of aromatic hydroxyl groups is 2. The second kappa shape index (κ2) is 12.7. The number of nitrogens with zero attached hydrogens (tertiary/aromatic N) is 6. The fourth-order valence-corrected chi connectivity index (χ4v) is 6.86. The Kier molecular flexibility index (Phi) is 9.16. The summed E-state index contributed by atoms with van der Waals surface area (Å²) in [6, 6.07) is 4.53. The number of phenols is 2. The predicted molar refractivity (Wildman–Crippen MR) is 181 cm³/mol. The first-order valence-electron chi connectivity index (χ1n) is 14.6. The number of benzene rings is 1. The Hall–Kier alpha value is -4.37. The summed E-state index contributed by atoms with van der Waals surface area (Å²) in [6.45, 7) is 13.4. The van der Waals surface area contributed by atoms with Gasteiger partial charge in [-0.1, -0.05) is 55.2 Å². The highest BCUT2D eigenvalue weighted by Crippen LogP contribution is 2.49. The van der Waals surface area contributed by atoms with E-state index >= 15 is 4.39 Å². The zero-order valence-corrected chi connectivity index (χ0v) is 28.3. The molecular formula is C33H30Cl3FN6O4. The van der Waals surface area contributed by atoms with E-state index in [4.69, 9.17) is 34.8 Å². The van der Waals surface area contributed by atoms with Crippen molar-refractivity contribution in [2.24, 2.45) is 0 Å². The molecule has 14 heteroatoms. The number of hydrogen-bond donors (Lipinski definition) is 2. The van der Waals surface area contributed by atoms with Crippen molar-refractivity contribution in [3.05, 3.63) is 79.0 Å². The molecule has 1 amide bonds. The number of pyridine rings is 3. The van der Waals surface area contributed by atoms with Crippen LogP contribution in [0.15, 0.2) is 35.8 Å². The number of carbonyl (C=O) groups is 1. The number of aryl methyl sites for hydroxylation is 1. The zero-order valence-electron chi connectivity index (χ0n) is 26.1. The molecule has 4 aromatic rings. The summed E-state index contributed by atoms with van der Waals surface area (Å²) in [6.07, 6.45) is 2.85. The molecule has 1 aromatic carbocycles. The van der Waals surface area contributed by atoms with Gasteiger partial charge in [0.2, 0.25) is 5.91 Å². The minimum absolute atomic E-state index is 0.0318. The molecule has 0 unspecified atom stereocenters. The Morgan fingerprint density at radius 1 is 1.15 bits per heavy atom. The van der Waals surface area contributed by atoms with Gasteiger partial charge < -0.3 is 20.0 Å². The van der Waals surface area contributed by atoms with Crippen LogP contribution >= 0.6 is 34.8 Å². The maximum absolute atomic E-state index is 15.7. The van der Waals surface area contributed by atoms with E-state index in [-0.39, 0.29) is 70.0 Å². The Bertz CT molecular complexity index is 2050. The zero-order chi connectivity index (χ0) is 34.6. The molecule has 0 aliphatic carbocycles. The lowest BCUT2D eigenvalue weighted by atomic mass is 10.0. The number of nitriles is 1. The molecule has 2 N–H and O–H groups in total. The third kappa shape index (κ3) is 5.44. The lowest BCUT2D eigenvalue weighted by molar-refractivity contribution is -0.130. The van der Waals surface area contributed by atoms with Crippen LogP contribution in [0.25, 0.3) is 28.0 Å². The van der Waals surface area contributed by atoms with E-state index in [2.05, 4.69) is 22.6 Å². The lowest BCUT2D eigenvalue weighted by Gasteiger charge is -2.45. The molecule has 3 aromatic heterocycles. The number of rotatable bonds is 5. The second-order valence-corrected chi connectivity index (χ2v) is 12.9.